The maximum absolute atomic E-state index is 13.4. The average Bonchev–Trinajstić information content (AvgIpc) is 2.79. The summed E-state index contributed by atoms with van der Waals surface area (Å²) in [5, 5.41) is 2.84. The Kier molecular flexibility index (Phi) is 8.32. The molecule has 7 heteroatoms. The van der Waals surface area contributed by atoms with Crippen LogP contribution in [0.3, 0.4) is 0 Å². The van der Waals surface area contributed by atoms with Crippen molar-refractivity contribution >= 4 is 29.2 Å². The Morgan fingerprint density at radius 1 is 1.03 bits per heavy atom. The number of esters is 1. The molecule has 0 aliphatic carbocycles. The topological polar surface area (TPSA) is 79.0 Å². The summed E-state index contributed by atoms with van der Waals surface area (Å²) < 4.78 is 4.88. The molecule has 0 atom stereocenters. The van der Waals surface area contributed by atoms with E-state index in [1.54, 1.807) is 13.0 Å². The van der Waals surface area contributed by atoms with Crippen molar-refractivity contribution < 1.29 is 19.1 Å². The van der Waals surface area contributed by atoms with Crippen LogP contribution in [0.4, 0.5) is 11.4 Å². The molecule has 0 bridgehead atoms. The largest absolute Gasteiger partial charge is 0.466 e. The fraction of sp³-hybridized carbons (Fsp3) is 0.625. The van der Waals surface area contributed by atoms with E-state index in [4.69, 9.17) is 4.74 Å². The van der Waals surface area contributed by atoms with Crippen LogP contribution in [0.15, 0.2) is 18.2 Å². The number of carbonyl (C=O) groups excluding carboxylic acids is 3. The third-order valence-electron chi connectivity index (χ3n) is 6.14. The van der Waals surface area contributed by atoms with Gasteiger partial charge in [0.2, 0.25) is 5.91 Å². The van der Waals surface area contributed by atoms with E-state index in [1.807, 2.05) is 17.0 Å². The smallest absolute Gasteiger partial charge is 0.306 e. The van der Waals surface area contributed by atoms with Gasteiger partial charge in [0, 0.05) is 44.0 Å². The lowest BCUT2D eigenvalue weighted by Crippen LogP contribution is -2.38. The molecule has 7 nitrogen and oxygen atoms in total. The molecule has 1 N–H and O–H groups in total. The van der Waals surface area contributed by atoms with Gasteiger partial charge in [0.05, 0.1) is 18.6 Å². The standard InChI is InChI=1S/C24H35N3O4/c1-3-31-23(29)10-9-22(28)25-19-7-8-21(26-15-11-18(2)12-16-26)20(17-19)24(30)27-13-5-4-6-14-27/h7-8,17-18H,3-6,9-16H2,1-2H3,(H,25,28). The van der Waals surface area contributed by atoms with Crippen LogP contribution in [-0.2, 0) is 14.3 Å². The first-order valence-electron chi connectivity index (χ1n) is 11.6. The van der Waals surface area contributed by atoms with Crippen LogP contribution in [0.5, 0.6) is 0 Å². The number of benzene rings is 1. The lowest BCUT2D eigenvalue weighted by atomic mass is 9.97. The molecule has 170 valence electrons. The van der Waals surface area contributed by atoms with Gasteiger partial charge in [0.1, 0.15) is 0 Å². The summed E-state index contributed by atoms with van der Waals surface area (Å²) in [7, 11) is 0. The van der Waals surface area contributed by atoms with E-state index in [-0.39, 0.29) is 30.6 Å². The molecule has 31 heavy (non-hydrogen) atoms. The van der Waals surface area contributed by atoms with Crippen LogP contribution in [-0.4, -0.2) is 55.5 Å². The molecular formula is C24H35N3O4. The normalized spacial score (nSPS) is 17.4. The molecule has 2 fully saturated rings. The van der Waals surface area contributed by atoms with Gasteiger partial charge in [-0.25, -0.2) is 0 Å². The van der Waals surface area contributed by atoms with Crippen LogP contribution >= 0.6 is 0 Å². The lowest BCUT2D eigenvalue weighted by molar-refractivity contribution is -0.144. The van der Waals surface area contributed by atoms with Crippen molar-refractivity contribution in [3.05, 3.63) is 23.8 Å². The molecule has 0 saturated carbocycles. The van der Waals surface area contributed by atoms with Crippen LogP contribution < -0.4 is 10.2 Å². The molecule has 1 aromatic carbocycles. The zero-order valence-corrected chi connectivity index (χ0v) is 18.8. The van der Waals surface area contributed by atoms with Crippen molar-refractivity contribution in [3.8, 4) is 0 Å². The van der Waals surface area contributed by atoms with Crippen molar-refractivity contribution in [1.29, 1.82) is 0 Å². The van der Waals surface area contributed by atoms with E-state index in [9.17, 15) is 14.4 Å². The first-order chi connectivity index (χ1) is 15.0. The molecule has 0 spiro atoms. The molecule has 2 aliphatic rings. The highest BCUT2D eigenvalue weighted by Crippen LogP contribution is 2.30. The van der Waals surface area contributed by atoms with Crippen LogP contribution in [0, 0.1) is 5.92 Å². The minimum atomic E-state index is -0.381. The number of ether oxygens (including phenoxy) is 1. The average molecular weight is 430 g/mol. The Bertz CT molecular complexity index is 781. The van der Waals surface area contributed by atoms with Gasteiger partial charge in [-0.1, -0.05) is 6.92 Å². The summed E-state index contributed by atoms with van der Waals surface area (Å²) >= 11 is 0. The summed E-state index contributed by atoms with van der Waals surface area (Å²) in [4.78, 5) is 41.4. The minimum absolute atomic E-state index is 0.0379. The van der Waals surface area contributed by atoms with Crippen molar-refractivity contribution in [2.24, 2.45) is 5.92 Å². The number of nitrogens with one attached hydrogen (secondary N) is 1. The summed E-state index contributed by atoms with van der Waals surface area (Å²) in [6.45, 7) is 7.75. The Hall–Kier alpha value is -2.57. The highest BCUT2D eigenvalue weighted by Gasteiger charge is 2.25. The second-order valence-corrected chi connectivity index (χ2v) is 8.61. The van der Waals surface area contributed by atoms with Gasteiger partial charge in [-0.3, -0.25) is 14.4 Å². The van der Waals surface area contributed by atoms with E-state index in [0.29, 0.717) is 23.8 Å². The maximum Gasteiger partial charge on any atom is 0.306 e. The number of nitrogens with zero attached hydrogens (tertiary/aromatic N) is 2. The van der Waals surface area contributed by atoms with E-state index >= 15 is 0 Å². The maximum atomic E-state index is 13.4. The van der Waals surface area contributed by atoms with E-state index < -0.39 is 0 Å². The van der Waals surface area contributed by atoms with Gasteiger partial charge in [0.25, 0.3) is 5.91 Å². The zero-order chi connectivity index (χ0) is 22.2. The molecule has 3 rings (SSSR count). The van der Waals surface area contributed by atoms with Gasteiger partial charge in [-0.2, -0.15) is 0 Å². The first kappa shape index (κ1) is 23.1. The Labute approximate surface area is 185 Å². The van der Waals surface area contributed by atoms with Crippen molar-refractivity contribution in [2.45, 2.75) is 58.8 Å². The molecule has 2 heterocycles. The molecular weight excluding hydrogens is 394 g/mol. The summed E-state index contributed by atoms with van der Waals surface area (Å²) in [5.41, 5.74) is 2.19. The van der Waals surface area contributed by atoms with Crippen LogP contribution in [0.25, 0.3) is 0 Å². The molecule has 0 aromatic heterocycles. The van der Waals surface area contributed by atoms with E-state index in [2.05, 4.69) is 17.1 Å². The fourth-order valence-corrected chi connectivity index (χ4v) is 4.25. The fourth-order valence-electron chi connectivity index (χ4n) is 4.25. The first-order valence-corrected chi connectivity index (χ1v) is 11.6. The van der Waals surface area contributed by atoms with Gasteiger partial charge >= 0.3 is 5.97 Å². The molecule has 0 unspecified atom stereocenters. The number of hydrogen-bond acceptors (Lipinski definition) is 5. The number of hydrogen-bond donors (Lipinski definition) is 1. The van der Waals surface area contributed by atoms with Crippen molar-refractivity contribution in [2.75, 3.05) is 43.0 Å². The zero-order valence-electron chi connectivity index (χ0n) is 18.8. The number of anilines is 2. The SMILES string of the molecule is CCOC(=O)CCC(=O)Nc1ccc(N2CCC(C)CC2)c(C(=O)N2CCCCC2)c1. The quantitative estimate of drug-likeness (QED) is 0.667. The minimum Gasteiger partial charge on any atom is -0.466 e. The number of amides is 2. The van der Waals surface area contributed by atoms with Gasteiger partial charge in [-0.15, -0.1) is 0 Å². The van der Waals surface area contributed by atoms with Gasteiger partial charge in [0.15, 0.2) is 0 Å². The lowest BCUT2D eigenvalue weighted by Gasteiger charge is -2.35. The molecule has 0 radical (unpaired) electrons. The van der Waals surface area contributed by atoms with Crippen LogP contribution in [0.1, 0.15) is 69.2 Å². The molecule has 2 amide bonds. The Morgan fingerprint density at radius 3 is 2.42 bits per heavy atom. The van der Waals surface area contributed by atoms with Crippen molar-refractivity contribution in [3.63, 3.8) is 0 Å². The summed E-state index contributed by atoms with van der Waals surface area (Å²) in [5.74, 6) is 0.101. The number of likely N-dealkylation sites (tertiary alicyclic amines) is 1. The van der Waals surface area contributed by atoms with E-state index in [1.165, 1.54) is 0 Å². The molecule has 2 aliphatic heterocycles. The third-order valence-corrected chi connectivity index (χ3v) is 6.14. The monoisotopic (exact) mass is 429 g/mol. The number of rotatable bonds is 7. The highest BCUT2D eigenvalue weighted by atomic mass is 16.5. The summed E-state index contributed by atoms with van der Waals surface area (Å²) in [6.07, 6.45) is 5.56. The number of carbonyl (C=O) groups is 3. The highest BCUT2D eigenvalue weighted by molar-refractivity contribution is 6.02. The van der Waals surface area contributed by atoms with Crippen molar-refractivity contribution in [1.82, 2.24) is 4.90 Å². The predicted molar refractivity (Wildman–Crippen MR) is 121 cm³/mol. The second kappa shape index (κ2) is 11.2. The van der Waals surface area contributed by atoms with E-state index in [0.717, 1.165) is 64.0 Å². The summed E-state index contributed by atoms with van der Waals surface area (Å²) in [6, 6.07) is 5.60. The number of piperidine rings is 2. The Morgan fingerprint density at radius 2 is 1.74 bits per heavy atom. The van der Waals surface area contributed by atoms with Gasteiger partial charge < -0.3 is 19.9 Å². The van der Waals surface area contributed by atoms with Gasteiger partial charge in [-0.05, 0) is 63.1 Å². The Balaban J connectivity index is 1.76. The molecule has 2 saturated heterocycles. The molecule has 1 aromatic rings. The third kappa shape index (κ3) is 6.45. The second-order valence-electron chi connectivity index (χ2n) is 8.61. The van der Waals surface area contributed by atoms with Crippen LogP contribution in [0.2, 0.25) is 0 Å². The predicted octanol–water partition coefficient (Wildman–Crippen LogP) is 3.83.